The minimum Gasteiger partial charge on any atom is -0.465 e. The van der Waals surface area contributed by atoms with Crippen molar-refractivity contribution in [3.8, 4) is 0 Å². The lowest BCUT2D eigenvalue weighted by Crippen LogP contribution is -2.27. The van der Waals surface area contributed by atoms with E-state index in [1.807, 2.05) is 30.3 Å². The first-order valence-corrected chi connectivity index (χ1v) is 8.66. The standard InChI is InChI=1S/C22H20N2O3/c25-21(13-12-18-9-6-16-27-18)24-20-11-5-4-10-19(20)22(26)23-15-14-17-7-2-1-3-8-17/h1-13,16H,14-15H2,(H,23,26)(H,24,25). The highest BCUT2D eigenvalue weighted by Crippen LogP contribution is 2.15. The molecule has 5 nitrogen and oxygen atoms in total. The minimum absolute atomic E-state index is 0.225. The maximum absolute atomic E-state index is 12.5. The SMILES string of the molecule is O=C(C=Cc1ccco1)Nc1ccccc1C(=O)NCCc1ccccc1. The van der Waals surface area contributed by atoms with E-state index in [4.69, 9.17) is 4.42 Å². The number of benzene rings is 2. The highest BCUT2D eigenvalue weighted by molar-refractivity contribution is 6.07. The Bertz CT molecular complexity index is 916. The molecule has 0 atom stereocenters. The fourth-order valence-corrected chi connectivity index (χ4v) is 2.57. The zero-order chi connectivity index (χ0) is 18.9. The van der Waals surface area contributed by atoms with Gasteiger partial charge in [-0.1, -0.05) is 42.5 Å². The zero-order valence-electron chi connectivity index (χ0n) is 14.7. The maximum Gasteiger partial charge on any atom is 0.253 e. The van der Waals surface area contributed by atoms with Gasteiger partial charge < -0.3 is 15.1 Å². The molecule has 0 bridgehead atoms. The van der Waals surface area contributed by atoms with Crippen LogP contribution in [0.5, 0.6) is 0 Å². The van der Waals surface area contributed by atoms with Crippen molar-refractivity contribution in [2.75, 3.05) is 11.9 Å². The molecule has 1 heterocycles. The molecule has 0 aliphatic rings. The monoisotopic (exact) mass is 360 g/mol. The molecule has 2 amide bonds. The molecule has 0 radical (unpaired) electrons. The van der Waals surface area contributed by atoms with Crippen molar-refractivity contribution in [1.82, 2.24) is 5.32 Å². The number of furan rings is 1. The van der Waals surface area contributed by atoms with Gasteiger partial charge >= 0.3 is 0 Å². The quantitative estimate of drug-likeness (QED) is 0.628. The minimum atomic E-state index is -0.337. The Balaban J connectivity index is 1.59. The summed E-state index contributed by atoms with van der Waals surface area (Å²) in [6, 6.07) is 20.3. The van der Waals surface area contributed by atoms with Crippen molar-refractivity contribution in [3.05, 3.63) is 96.0 Å². The first-order chi connectivity index (χ1) is 13.2. The summed E-state index contributed by atoms with van der Waals surface area (Å²) in [7, 11) is 0. The molecule has 0 aliphatic carbocycles. The molecular weight excluding hydrogens is 340 g/mol. The fraction of sp³-hybridized carbons (Fsp3) is 0.0909. The second-order valence-corrected chi connectivity index (χ2v) is 5.88. The van der Waals surface area contributed by atoms with Crippen LogP contribution in [0.2, 0.25) is 0 Å². The number of hydrogen-bond donors (Lipinski definition) is 2. The summed E-state index contributed by atoms with van der Waals surface area (Å²) in [5.41, 5.74) is 2.04. The average Bonchev–Trinajstić information content (AvgIpc) is 3.21. The summed E-state index contributed by atoms with van der Waals surface area (Å²) < 4.78 is 5.15. The molecule has 0 saturated heterocycles. The number of anilines is 1. The summed E-state index contributed by atoms with van der Waals surface area (Å²) in [6.07, 6.45) is 5.21. The van der Waals surface area contributed by atoms with Gasteiger partial charge in [0.1, 0.15) is 5.76 Å². The highest BCUT2D eigenvalue weighted by atomic mass is 16.3. The molecular formula is C22H20N2O3. The third kappa shape index (κ3) is 5.44. The summed E-state index contributed by atoms with van der Waals surface area (Å²) >= 11 is 0. The third-order valence-electron chi connectivity index (χ3n) is 3.91. The Morgan fingerprint density at radius 1 is 0.926 bits per heavy atom. The van der Waals surface area contributed by atoms with Gasteiger partial charge in [0.05, 0.1) is 17.5 Å². The van der Waals surface area contributed by atoms with Gasteiger partial charge in [-0.25, -0.2) is 0 Å². The van der Waals surface area contributed by atoms with Crippen LogP contribution < -0.4 is 10.6 Å². The van der Waals surface area contributed by atoms with Crippen molar-refractivity contribution < 1.29 is 14.0 Å². The Kier molecular flexibility index (Phi) is 6.20. The van der Waals surface area contributed by atoms with Crippen LogP contribution in [-0.4, -0.2) is 18.4 Å². The van der Waals surface area contributed by atoms with Crippen LogP contribution in [0.3, 0.4) is 0 Å². The fourth-order valence-electron chi connectivity index (χ4n) is 2.57. The van der Waals surface area contributed by atoms with Gasteiger partial charge in [0.25, 0.3) is 5.91 Å². The van der Waals surface area contributed by atoms with Gasteiger partial charge in [0, 0.05) is 12.6 Å². The van der Waals surface area contributed by atoms with Crippen LogP contribution in [-0.2, 0) is 11.2 Å². The van der Waals surface area contributed by atoms with Gasteiger partial charge in [-0.3, -0.25) is 9.59 Å². The van der Waals surface area contributed by atoms with Gasteiger partial charge in [-0.05, 0) is 42.3 Å². The Morgan fingerprint density at radius 2 is 1.70 bits per heavy atom. The molecule has 3 rings (SSSR count). The van der Waals surface area contributed by atoms with E-state index in [1.165, 1.54) is 12.3 Å². The van der Waals surface area contributed by atoms with E-state index in [2.05, 4.69) is 10.6 Å². The number of carbonyl (C=O) groups is 2. The summed E-state index contributed by atoms with van der Waals surface area (Å²) in [5, 5.41) is 5.63. The van der Waals surface area contributed by atoms with Crippen LogP contribution in [0.15, 0.2) is 83.5 Å². The number of amides is 2. The second-order valence-electron chi connectivity index (χ2n) is 5.88. The highest BCUT2D eigenvalue weighted by Gasteiger charge is 2.11. The number of rotatable bonds is 7. The number of hydrogen-bond acceptors (Lipinski definition) is 3. The van der Waals surface area contributed by atoms with E-state index in [0.29, 0.717) is 23.6 Å². The van der Waals surface area contributed by atoms with Crippen molar-refractivity contribution in [2.45, 2.75) is 6.42 Å². The largest absolute Gasteiger partial charge is 0.465 e. The van der Waals surface area contributed by atoms with E-state index in [-0.39, 0.29) is 11.8 Å². The normalized spacial score (nSPS) is 10.7. The average molecular weight is 360 g/mol. The summed E-state index contributed by atoms with van der Waals surface area (Å²) in [5.74, 6) is 0.0184. The second kappa shape index (κ2) is 9.20. The molecule has 5 heteroatoms. The predicted octanol–water partition coefficient (Wildman–Crippen LogP) is 3.90. The van der Waals surface area contributed by atoms with E-state index >= 15 is 0 Å². The van der Waals surface area contributed by atoms with Crippen LogP contribution >= 0.6 is 0 Å². The number of carbonyl (C=O) groups excluding carboxylic acids is 2. The van der Waals surface area contributed by atoms with Crippen molar-refractivity contribution in [2.24, 2.45) is 0 Å². The topological polar surface area (TPSA) is 71.3 Å². The van der Waals surface area contributed by atoms with Gasteiger partial charge in [0.15, 0.2) is 0 Å². The first-order valence-electron chi connectivity index (χ1n) is 8.66. The van der Waals surface area contributed by atoms with Crippen molar-refractivity contribution in [1.29, 1.82) is 0 Å². The molecule has 136 valence electrons. The summed E-state index contributed by atoms with van der Waals surface area (Å²) in [6.45, 7) is 0.517. The predicted molar refractivity (Wildman–Crippen MR) is 105 cm³/mol. The van der Waals surface area contributed by atoms with Crippen LogP contribution in [0.1, 0.15) is 21.7 Å². The molecule has 0 fully saturated rings. The van der Waals surface area contributed by atoms with E-state index < -0.39 is 0 Å². The first kappa shape index (κ1) is 18.2. The van der Waals surface area contributed by atoms with Crippen LogP contribution in [0, 0.1) is 0 Å². The molecule has 0 unspecified atom stereocenters. The van der Waals surface area contributed by atoms with Gasteiger partial charge in [-0.15, -0.1) is 0 Å². The van der Waals surface area contributed by atoms with Crippen molar-refractivity contribution in [3.63, 3.8) is 0 Å². The Labute approximate surface area is 157 Å². The molecule has 3 aromatic rings. The molecule has 27 heavy (non-hydrogen) atoms. The maximum atomic E-state index is 12.5. The van der Waals surface area contributed by atoms with Crippen molar-refractivity contribution >= 4 is 23.6 Å². The molecule has 0 saturated carbocycles. The van der Waals surface area contributed by atoms with Crippen LogP contribution in [0.25, 0.3) is 6.08 Å². The molecule has 2 aromatic carbocycles. The molecule has 1 aromatic heterocycles. The van der Waals surface area contributed by atoms with Crippen LogP contribution in [0.4, 0.5) is 5.69 Å². The number of nitrogens with one attached hydrogen (secondary N) is 2. The van der Waals surface area contributed by atoms with E-state index in [9.17, 15) is 9.59 Å². The molecule has 0 aliphatic heterocycles. The summed E-state index contributed by atoms with van der Waals surface area (Å²) in [4.78, 5) is 24.6. The van der Waals surface area contributed by atoms with Gasteiger partial charge in [-0.2, -0.15) is 0 Å². The lowest BCUT2D eigenvalue weighted by Gasteiger charge is -2.10. The Hall–Kier alpha value is -3.60. The lowest BCUT2D eigenvalue weighted by atomic mass is 10.1. The third-order valence-corrected chi connectivity index (χ3v) is 3.91. The molecule has 2 N–H and O–H groups in total. The zero-order valence-corrected chi connectivity index (χ0v) is 14.7. The smallest absolute Gasteiger partial charge is 0.253 e. The van der Waals surface area contributed by atoms with Gasteiger partial charge in [0.2, 0.25) is 5.91 Å². The number of para-hydroxylation sites is 1. The molecule has 0 spiro atoms. The Morgan fingerprint density at radius 3 is 2.48 bits per heavy atom. The lowest BCUT2D eigenvalue weighted by molar-refractivity contribution is -0.111. The van der Waals surface area contributed by atoms with E-state index in [1.54, 1.807) is 42.5 Å². The van der Waals surface area contributed by atoms with E-state index in [0.717, 1.165) is 12.0 Å².